The van der Waals surface area contributed by atoms with E-state index in [1.54, 1.807) is 15.9 Å². The molecule has 3 heterocycles. The predicted molar refractivity (Wildman–Crippen MR) is 142 cm³/mol. The number of rotatable bonds is 4. The zero-order valence-electron chi connectivity index (χ0n) is 21.1. The summed E-state index contributed by atoms with van der Waals surface area (Å²) in [6, 6.07) is 5.92. The Morgan fingerprint density at radius 3 is 2.60 bits per heavy atom. The first-order valence-electron chi connectivity index (χ1n) is 13.1. The van der Waals surface area contributed by atoms with Gasteiger partial charge in [-0.15, -0.1) is 11.3 Å². The van der Waals surface area contributed by atoms with Crippen molar-refractivity contribution in [3.05, 3.63) is 60.6 Å². The summed E-state index contributed by atoms with van der Waals surface area (Å²) in [5.41, 5.74) is 3.14. The second kappa shape index (κ2) is 9.76. The van der Waals surface area contributed by atoms with Crippen molar-refractivity contribution in [2.24, 2.45) is 0 Å². The van der Waals surface area contributed by atoms with Crippen molar-refractivity contribution in [1.29, 1.82) is 0 Å². The Bertz CT molecular complexity index is 1400. The number of hydrogen-bond acceptors (Lipinski definition) is 4. The van der Waals surface area contributed by atoms with E-state index < -0.39 is 5.69 Å². The molecule has 0 radical (unpaired) electrons. The lowest BCUT2D eigenvalue weighted by molar-refractivity contribution is -0.135. The molecule has 1 fully saturated rings. The number of aromatic nitrogens is 2. The van der Waals surface area contributed by atoms with Crippen LogP contribution >= 0.6 is 11.3 Å². The summed E-state index contributed by atoms with van der Waals surface area (Å²) in [5, 5.41) is 0.642. The Hall–Kier alpha value is -2.67. The minimum Gasteiger partial charge on any atom is -0.338 e. The topological polar surface area (TPSA) is 64.3 Å². The average molecular weight is 494 g/mol. The first-order chi connectivity index (χ1) is 16.9. The SMILES string of the molecule is CCC1CCCCN1C(=O)Cn1c(=O)n(-c2ccc(C)c(C)c2)c(=O)c2c3c(sc21)CCCCC3. The van der Waals surface area contributed by atoms with Crippen LogP contribution in [0.15, 0.2) is 27.8 Å². The van der Waals surface area contributed by atoms with Crippen LogP contribution in [-0.2, 0) is 24.2 Å². The summed E-state index contributed by atoms with van der Waals surface area (Å²) in [5.74, 6) is -0.0196. The van der Waals surface area contributed by atoms with Gasteiger partial charge in [-0.3, -0.25) is 14.2 Å². The van der Waals surface area contributed by atoms with Crippen LogP contribution in [0.3, 0.4) is 0 Å². The van der Waals surface area contributed by atoms with E-state index in [0.29, 0.717) is 15.9 Å². The molecule has 0 spiro atoms. The van der Waals surface area contributed by atoms with Gasteiger partial charge >= 0.3 is 5.69 Å². The van der Waals surface area contributed by atoms with Crippen molar-refractivity contribution in [3.63, 3.8) is 0 Å². The Kier molecular flexibility index (Phi) is 6.71. The van der Waals surface area contributed by atoms with Gasteiger partial charge in [0, 0.05) is 17.5 Å². The molecule has 0 bridgehead atoms. The van der Waals surface area contributed by atoms with Gasteiger partial charge in [0.2, 0.25) is 5.91 Å². The number of benzene rings is 1. The van der Waals surface area contributed by atoms with Gasteiger partial charge in [0.1, 0.15) is 11.4 Å². The average Bonchev–Trinajstić information content (AvgIpc) is 3.06. The van der Waals surface area contributed by atoms with Crippen LogP contribution in [0, 0.1) is 13.8 Å². The van der Waals surface area contributed by atoms with E-state index in [9.17, 15) is 14.4 Å². The molecule has 0 saturated carbocycles. The normalized spacial score (nSPS) is 18.5. The molecule has 7 heteroatoms. The summed E-state index contributed by atoms with van der Waals surface area (Å²) in [6.45, 7) is 6.85. The Morgan fingerprint density at radius 1 is 1.03 bits per heavy atom. The quantitative estimate of drug-likeness (QED) is 0.486. The fraction of sp³-hybridized carbons (Fsp3) is 0.536. The molecule has 1 aromatic carbocycles. The highest BCUT2D eigenvalue weighted by molar-refractivity contribution is 7.18. The standard InChI is InChI=1S/C28H35N3O3S/c1-4-20-10-8-9-15-29(20)24(32)17-30-27-25(22-11-6-5-7-12-23(22)35-27)26(33)31(28(30)34)21-14-13-18(2)19(3)16-21/h13-14,16,20H,4-12,15,17H2,1-3H3. The van der Waals surface area contributed by atoms with Crippen molar-refractivity contribution in [1.82, 2.24) is 14.0 Å². The minimum absolute atomic E-state index is 0.0175. The lowest BCUT2D eigenvalue weighted by Gasteiger charge is -2.35. The number of likely N-dealkylation sites (tertiary alicyclic amines) is 1. The molecule has 1 amide bonds. The Morgan fingerprint density at radius 2 is 1.83 bits per heavy atom. The highest BCUT2D eigenvalue weighted by Crippen LogP contribution is 2.34. The van der Waals surface area contributed by atoms with Crippen LogP contribution in [0.1, 0.15) is 73.4 Å². The maximum Gasteiger partial charge on any atom is 0.337 e. The van der Waals surface area contributed by atoms with Crippen molar-refractivity contribution in [2.75, 3.05) is 6.54 Å². The van der Waals surface area contributed by atoms with E-state index >= 15 is 0 Å². The molecule has 3 aromatic rings. The number of carbonyl (C=O) groups is 1. The monoisotopic (exact) mass is 493 g/mol. The lowest BCUT2D eigenvalue weighted by atomic mass is 10.00. The third-order valence-electron chi connectivity index (χ3n) is 7.95. The van der Waals surface area contributed by atoms with Gasteiger partial charge in [-0.05, 0) is 94.0 Å². The number of piperidine rings is 1. The first kappa shape index (κ1) is 24.0. The summed E-state index contributed by atoms with van der Waals surface area (Å²) >= 11 is 1.55. The fourth-order valence-electron chi connectivity index (χ4n) is 5.76. The van der Waals surface area contributed by atoms with Gasteiger partial charge in [-0.2, -0.15) is 0 Å². The molecule has 0 N–H and O–H groups in total. The van der Waals surface area contributed by atoms with Gasteiger partial charge < -0.3 is 4.90 Å². The smallest absolute Gasteiger partial charge is 0.337 e. The molecule has 1 aliphatic heterocycles. The zero-order valence-corrected chi connectivity index (χ0v) is 21.9. The fourth-order valence-corrected chi connectivity index (χ4v) is 7.13. The van der Waals surface area contributed by atoms with E-state index in [1.165, 1.54) is 9.44 Å². The van der Waals surface area contributed by atoms with Crippen LogP contribution in [-0.4, -0.2) is 32.5 Å². The molecular formula is C28H35N3O3S. The number of fused-ring (bicyclic) bond motifs is 3. The van der Waals surface area contributed by atoms with Gasteiger partial charge in [-0.1, -0.05) is 19.4 Å². The number of aryl methyl sites for hydroxylation is 4. The maximum absolute atomic E-state index is 13.9. The molecule has 6 nitrogen and oxygen atoms in total. The van der Waals surface area contributed by atoms with Crippen LogP contribution in [0.25, 0.3) is 15.9 Å². The molecule has 2 aromatic heterocycles. The van der Waals surface area contributed by atoms with E-state index in [1.807, 2.05) is 36.9 Å². The van der Waals surface area contributed by atoms with Gasteiger partial charge in [0.05, 0.1) is 11.1 Å². The minimum atomic E-state index is -0.416. The van der Waals surface area contributed by atoms with Crippen LogP contribution in [0.5, 0.6) is 0 Å². The third kappa shape index (κ3) is 4.28. The number of amides is 1. The molecule has 35 heavy (non-hydrogen) atoms. The summed E-state index contributed by atoms with van der Waals surface area (Å²) in [7, 11) is 0. The number of nitrogens with zero attached hydrogens (tertiary/aromatic N) is 3. The maximum atomic E-state index is 13.9. The molecule has 1 unspecified atom stereocenters. The Labute approximate surface area is 210 Å². The number of hydrogen-bond donors (Lipinski definition) is 0. The number of carbonyl (C=O) groups excluding carboxylic acids is 1. The van der Waals surface area contributed by atoms with Gasteiger partial charge in [-0.25, -0.2) is 9.36 Å². The van der Waals surface area contributed by atoms with Crippen LogP contribution in [0.4, 0.5) is 0 Å². The molecule has 1 aliphatic carbocycles. The van der Waals surface area contributed by atoms with E-state index in [0.717, 1.165) is 81.0 Å². The van der Waals surface area contributed by atoms with Crippen LogP contribution in [0.2, 0.25) is 0 Å². The Balaban J connectivity index is 1.71. The lowest BCUT2D eigenvalue weighted by Crippen LogP contribution is -2.47. The van der Waals surface area contributed by atoms with Crippen molar-refractivity contribution < 1.29 is 4.79 Å². The molecule has 186 valence electrons. The van der Waals surface area contributed by atoms with Gasteiger partial charge in [0.25, 0.3) is 5.56 Å². The first-order valence-corrected chi connectivity index (χ1v) is 13.9. The van der Waals surface area contributed by atoms with E-state index in [4.69, 9.17) is 0 Å². The molecule has 2 aliphatic rings. The molecular weight excluding hydrogens is 458 g/mol. The largest absolute Gasteiger partial charge is 0.338 e. The molecule has 1 atom stereocenters. The highest BCUT2D eigenvalue weighted by Gasteiger charge is 2.29. The van der Waals surface area contributed by atoms with E-state index in [-0.39, 0.29) is 24.1 Å². The summed E-state index contributed by atoms with van der Waals surface area (Å²) < 4.78 is 2.89. The second-order valence-corrected chi connectivity index (χ2v) is 11.3. The van der Waals surface area contributed by atoms with Crippen LogP contribution < -0.4 is 11.2 Å². The van der Waals surface area contributed by atoms with E-state index in [2.05, 4.69) is 6.92 Å². The summed E-state index contributed by atoms with van der Waals surface area (Å²) in [6.07, 6.45) is 9.17. The summed E-state index contributed by atoms with van der Waals surface area (Å²) in [4.78, 5) is 45.2. The predicted octanol–water partition coefficient (Wildman–Crippen LogP) is 4.89. The molecule has 1 saturated heterocycles. The third-order valence-corrected chi connectivity index (χ3v) is 9.26. The molecule has 5 rings (SSSR count). The highest BCUT2D eigenvalue weighted by atomic mass is 32.1. The van der Waals surface area contributed by atoms with Gasteiger partial charge in [0.15, 0.2) is 0 Å². The van der Waals surface area contributed by atoms with Crippen molar-refractivity contribution in [2.45, 2.75) is 91.1 Å². The zero-order chi connectivity index (χ0) is 24.7. The van der Waals surface area contributed by atoms with Crippen molar-refractivity contribution in [3.8, 4) is 5.69 Å². The van der Waals surface area contributed by atoms with Crippen molar-refractivity contribution >= 4 is 27.5 Å². The number of thiophene rings is 1. The second-order valence-electron chi connectivity index (χ2n) is 10.2.